The summed E-state index contributed by atoms with van der Waals surface area (Å²) in [6, 6.07) is 4.21. The van der Waals surface area contributed by atoms with E-state index in [-0.39, 0.29) is 5.54 Å². The first-order chi connectivity index (χ1) is 9.24. The first-order valence-electron chi connectivity index (χ1n) is 7.45. The van der Waals surface area contributed by atoms with Crippen molar-refractivity contribution >= 4 is 0 Å². The monoisotopic (exact) mass is 261 g/mol. The second-order valence-electron chi connectivity index (χ2n) is 5.69. The predicted molar refractivity (Wildman–Crippen MR) is 75.8 cm³/mol. The van der Waals surface area contributed by atoms with Gasteiger partial charge in [-0.3, -0.25) is 0 Å². The van der Waals surface area contributed by atoms with Crippen molar-refractivity contribution in [1.29, 1.82) is 0 Å². The third-order valence-electron chi connectivity index (χ3n) is 4.40. The zero-order valence-corrected chi connectivity index (χ0v) is 11.7. The maximum absolute atomic E-state index is 6.63. The number of nitrogens with two attached hydrogens (primary N) is 1. The SMILES string of the molecule is CCc1c(C2(N)CCCC2)ccc2c1OCCCO2. The molecule has 1 aromatic rings. The van der Waals surface area contributed by atoms with E-state index in [9.17, 15) is 0 Å². The second kappa shape index (κ2) is 5.04. The van der Waals surface area contributed by atoms with E-state index in [0.29, 0.717) is 0 Å². The smallest absolute Gasteiger partial charge is 0.164 e. The van der Waals surface area contributed by atoms with E-state index in [1.165, 1.54) is 24.0 Å². The number of fused-ring (bicyclic) bond motifs is 1. The Labute approximate surface area is 115 Å². The van der Waals surface area contributed by atoms with E-state index in [4.69, 9.17) is 15.2 Å². The van der Waals surface area contributed by atoms with E-state index in [0.717, 1.165) is 50.4 Å². The molecule has 0 saturated heterocycles. The third-order valence-corrected chi connectivity index (χ3v) is 4.40. The molecule has 1 heterocycles. The molecule has 0 aromatic heterocycles. The summed E-state index contributed by atoms with van der Waals surface area (Å²) in [5, 5.41) is 0. The number of benzene rings is 1. The summed E-state index contributed by atoms with van der Waals surface area (Å²) < 4.78 is 11.7. The van der Waals surface area contributed by atoms with Gasteiger partial charge in [-0.05, 0) is 30.9 Å². The molecule has 3 heteroatoms. The molecular weight excluding hydrogens is 238 g/mol. The van der Waals surface area contributed by atoms with Crippen molar-refractivity contribution in [3.63, 3.8) is 0 Å². The Morgan fingerprint density at radius 3 is 2.58 bits per heavy atom. The predicted octanol–water partition coefficient (Wildman–Crippen LogP) is 3.14. The van der Waals surface area contributed by atoms with Crippen molar-refractivity contribution in [2.24, 2.45) is 5.73 Å². The summed E-state index contributed by atoms with van der Waals surface area (Å²) in [7, 11) is 0. The summed E-state index contributed by atoms with van der Waals surface area (Å²) >= 11 is 0. The fourth-order valence-corrected chi connectivity index (χ4v) is 3.39. The highest BCUT2D eigenvalue weighted by molar-refractivity contribution is 5.53. The fraction of sp³-hybridized carbons (Fsp3) is 0.625. The standard InChI is InChI=1S/C16H23NO2/c1-2-12-13(16(17)8-3-4-9-16)6-7-14-15(12)19-11-5-10-18-14/h6-7H,2-5,8-11,17H2,1H3. The summed E-state index contributed by atoms with van der Waals surface area (Å²) in [6.45, 7) is 3.65. The van der Waals surface area contributed by atoms with Gasteiger partial charge in [0.15, 0.2) is 11.5 Å². The zero-order chi connectivity index (χ0) is 13.3. The van der Waals surface area contributed by atoms with Crippen LogP contribution in [0.1, 0.15) is 50.2 Å². The van der Waals surface area contributed by atoms with Crippen LogP contribution in [0.25, 0.3) is 0 Å². The molecule has 2 N–H and O–H groups in total. The Morgan fingerprint density at radius 1 is 1.11 bits per heavy atom. The average Bonchev–Trinajstić information content (AvgIpc) is 2.73. The second-order valence-corrected chi connectivity index (χ2v) is 5.69. The van der Waals surface area contributed by atoms with E-state index < -0.39 is 0 Å². The lowest BCUT2D eigenvalue weighted by Crippen LogP contribution is -2.34. The maximum Gasteiger partial charge on any atom is 0.164 e. The maximum atomic E-state index is 6.63. The van der Waals surface area contributed by atoms with Crippen LogP contribution in [0.15, 0.2) is 12.1 Å². The lowest BCUT2D eigenvalue weighted by molar-refractivity contribution is 0.296. The topological polar surface area (TPSA) is 44.5 Å². The largest absolute Gasteiger partial charge is 0.490 e. The van der Waals surface area contributed by atoms with Gasteiger partial charge in [0.2, 0.25) is 0 Å². The first kappa shape index (κ1) is 12.8. The van der Waals surface area contributed by atoms with E-state index >= 15 is 0 Å². The molecule has 0 spiro atoms. The third kappa shape index (κ3) is 2.20. The van der Waals surface area contributed by atoms with Gasteiger partial charge in [0.1, 0.15) is 0 Å². The molecule has 0 atom stereocenters. The summed E-state index contributed by atoms with van der Waals surface area (Å²) in [5.41, 5.74) is 9.00. The molecule has 2 aliphatic rings. The van der Waals surface area contributed by atoms with Crippen molar-refractivity contribution in [3.8, 4) is 11.5 Å². The Bertz CT molecular complexity index is 464. The van der Waals surface area contributed by atoms with E-state index in [2.05, 4.69) is 13.0 Å². The number of hydrogen-bond acceptors (Lipinski definition) is 3. The van der Waals surface area contributed by atoms with Crippen LogP contribution in [0, 0.1) is 0 Å². The fourth-order valence-electron chi connectivity index (χ4n) is 3.39. The molecule has 0 radical (unpaired) electrons. The Balaban J connectivity index is 2.08. The molecule has 1 fully saturated rings. The normalized spacial score (nSPS) is 21.2. The van der Waals surface area contributed by atoms with Gasteiger partial charge in [-0.1, -0.05) is 25.8 Å². The summed E-state index contributed by atoms with van der Waals surface area (Å²) in [4.78, 5) is 0. The molecule has 104 valence electrons. The van der Waals surface area contributed by atoms with Crippen LogP contribution < -0.4 is 15.2 Å². The molecule has 0 bridgehead atoms. The number of rotatable bonds is 2. The van der Waals surface area contributed by atoms with Gasteiger partial charge in [-0.2, -0.15) is 0 Å². The van der Waals surface area contributed by atoms with Crippen LogP contribution in [0.5, 0.6) is 11.5 Å². The van der Waals surface area contributed by atoms with Gasteiger partial charge < -0.3 is 15.2 Å². The van der Waals surface area contributed by atoms with Gasteiger partial charge in [0.05, 0.1) is 13.2 Å². The lowest BCUT2D eigenvalue weighted by atomic mass is 9.84. The Hall–Kier alpha value is -1.22. The lowest BCUT2D eigenvalue weighted by Gasteiger charge is -2.28. The first-order valence-corrected chi connectivity index (χ1v) is 7.45. The van der Waals surface area contributed by atoms with Crippen molar-refractivity contribution in [2.45, 2.75) is 51.0 Å². The van der Waals surface area contributed by atoms with Crippen LogP contribution in [0.2, 0.25) is 0 Å². The van der Waals surface area contributed by atoms with Gasteiger partial charge in [-0.25, -0.2) is 0 Å². The number of hydrogen-bond donors (Lipinski definition) is 1. The molecule has 1 aliphatic carbocycles. The van der Waals surface area contributed by atoms with Gasteiger partial charge >= 0.3 is 0 Å². The molecule has 19 heavy (non-hydrogen) atoms. The van der Waals surface area contributed by atoms with Crippen molar-refractivity contribution < 1.29 is 9.47 Å². The van der Waals surface area contributed by atoms with Crippen LogP contribution >= 0.6 is 0 Å². The molecule has 1 saturated carbocycles. The summed E-state index contributed by atoms with van der Waals surface area (Å²) in [6.07, 6.45) is 6.52. The molecule has 0 amide bonds. The average molecular weight is 261 g/mol. The number of ether oxygens (including phenoxy) is 2. The van der Waals surface area contributed by atoms with Crippen molar-refractivity contribution in [1.82, 2.24) is 0 Å². The molecule has 0 unspecified atom stereocenters. The Kier molecular flexibility index (Phi) is 3.40. The zero-order valence-electron chi connectivity index (χ0n) is 11.7. The quantitative estimate of drug-likeness (QED) is 0.889. The van der Waals surface area contributed by atoms with Gasteiger partial charge in [0, 0.05) is 17.5 Å². The molecule has 3 rings (SSSR count). The molecule has 1 aliphatic heterocycles. The highest BCUT2D eigenvalue weighted by atomic mass is 16.5. The minimum atomic E-state index is -0.157. The molecule has 3 nitrogen and oxygen atoms in total. The van der Waals surface area contributed by atoms with Crippen molar-refractivity contribution in [3.05, 3.63) is 23.3 Å². The van der Waals surface area contributed by atoms with Crippen LogP contribution in [0.3, 0.4) is 0 Å². The van der Waals surface area contributed by atoms with Crippen molar-refractivity contribution in [2.75, 3.05) is 13.2 Å². The van der Waals surface area contributed by atoms with Gasteiger partial charge in [0.25, 0.3) is 0 Å². The van der Waals surface area contributed by atoms with E-state index in [1.54, 1.807) is 0 Å². The van der Waals surface area contributed by atoms with Crippen LogP contribution in [0.4, 0.5) is 0 Å². The molecular formula is C16H23NO2. The van der Waals surface area contributed by atoms with E-state index in [1.807, 2.05) is 6.07 Å². The Morgan fingerprint density at radius 2 is 1.84 bits per heavy atom. The van der Waals surface area contributed by atoms with Crippen LogP contribution in [-0.4, -0.2) is 13.2 Å². The molecule has 1 aromatic carbocycles. The minimum absolute atomic E-state index is 0.157. The van der Waals surface area contributed by atoms with Crippen LogP contribution in [-0.2, 0) is 12.0 Å². The summed E-state index contributed by atoms with van der Waals surface area (Å²) in [5.74, 6) is 1.83. The highest BCUT2D eigenvalue weighted by Crippen LogP contribution is 2.44. The highest BCUT2D eigenvalue weighted by Gasteiger charge is 2.34. The minimum Gasteiger partial charge on any atom is -0.490 e. The van der Waals surface area contributed by atoms with Gasteiger partial charge in [-0.15, -0.1) is 0 Å².